The fourth-order valence-corrected chi connectivity index (χ4v) is 15.8. The first-order valence-corrected chi connectivity index (χ1v) is 58.1. The Morgan fingerprint density at radius 1 is 0.375 bits per heavy atom. The van der Waals surface area contributed by atoms with Crippen LogP contribution in [0.5, 0.6) is 0 Å². The van der Waals surface area contributed by atoms with E-state index in [1.165, 1.54) is 236 Å². The van der Waals surface area contributed by atoms with E-state index in [0.29, 0.717) is 45.8 Å². The van der Waals surface area contributed by atoms with Crippen LogP contribution >= 0.6 is 0 Å². The monoisotopic (exact) mass is 1870 g/mol. The van der Waals surface area contributed by atoms with Crippen molar-refractivity contribution in [2.24, 2.45) is 5.92 Å². The summed E-state index contributed by atoms with van der Waals surface area (Å²) < 4.78 is 210. The van der Waals surface area contributed by atoms with Crippen LogP contribution in [-0.4, -0.2) is 170 Å². The fraction of sp³-hybridized carbons (Fsp3) is 0.761. The molecule has 0 saturated carbocycles. The molecule has 3 rings (SSSR count). The van der Waals surface area contributed by atoms with Crippen LogP contribution in [0.15, 0.2) is 106 Å². The Kier molecular flexibility index (Phi) is 86.2. The smallest absolute Gasteiger partial charge is 0.748 e. The van der Waals surface area contributed by atoms with E-state index in [2.05, 4.69) is 57.0 Å². The van der Waals surface area contributed by atoms with Gasteiger partial charge in [0.2, 0.25) is 10.4 Å². The first-order valence-electron chi connectivity index (χ1n) is 43.7. The van der Waals surface area contributed by atoms with Crippen molar-refractivity contribution in [3.8, 4) is 0 Å². The number of sulfone groups is 5. The van der Waals surface area contributed by atoms with E-state index in [1.807, 2.05) is 24.3 Å². The number of unbranched alkanes of at least 4 members (excludes halogenated alkanes) is 32. The zero-order valence-electron chi connectivity index (χ0n) is 76.7. The van der Waals surface area contributed by atoms with E-state index < -0.39 is 91.0 Å². The molecule has 2 atom stereocenters. The van der Waals surface area contributed by atoms with Gasteiger partial charge in [0.25, 0.3) is 10.1 Å². The molecule has 3 aromatic rings. The molecule has 0 aliphatic rings. The van der Waals surface area contributed by atoms with Gasteiger partial charge in [0.1, 0.15) is 19.7 Å². The summed E-state index contributed by atoms with van der Waals surface area (Å²) in [7, 11) is -26.6. The predicted octanol–water partition coefficient (Wildman–Crippen LogP) is 17.7. The van der Waals surface area contributed by atoms with E-state index in [1.54, 1.807) is 54.6 Å². The van der Waals surface area contributed by atoms with Crippen molar-refractivity contribution < 1.29 is 129 Å². The molecule has 0 radical (unpaired) electrons. The maximum atomic E-state index is 11.4. The largest absolute Gasteiger partial charge is 1.00 e. The minimum Gasteiger partial charge on any atom is -0.748 e. The Bertz CT molecular complexity index is 3750. The van der Waals surface area contributed by atoms with Gasteiger partial charge in [-0.1, -0.05) is 309 Å². The van der Waals surface area contributed by atoms with Gasteiger partial charge in [-0.2, -0.15) is 8.42 Å². The minimum absolute atomic E-state index is 0. The van der Waals surface area contributed by atoms with Gasteiger partial charge in [0.05, 0.1) is 56.6 Å². The molecule has 23 nitrogen and oxygen atoms in total. The van der Waals surface area contributed by atoms with Crippen molar-refractivity contribution in [1.29, 1.82) is 0 Å². The Morgan fingerprint density at radius 2 is 0.692 bits per heavy atom. The number of esters is 1. The SMILES string of the molecule is C=CC(=O)OCCCS(C)(=O)=O.CCCCC(CC)COS(C)(=O)=O.CCCCCCCCCCC(C)S(=O)(=O)[O-].CCCCCCCCCCCCc1ccc(S(C)(=O)=O)cc1.CCCCCCCCCCCCc1ccc(S(C)(=O)=O)cc1.CCCCCCOCCCCCCS(C)(=O)=O.CCOS(=O)(=O)[O-].CS(=O)(=O)c1ccccc1.[Na+]. The van der Waals surface area contributed by atoms with Gasteiger partial charge in [-0.3, -0.25) is 8.37 Å². The number of hydrogen-bond acceptors (Lipinski definition) is 23. The first-order chi connectivity index (χ1) is 55.7. The quantitative estimate of drug-likeness (QED) is 0.00963. The molecule has 0 heterocycles. The molecule has 120 heavy (non-hydrogen) atoms. The summed E-state index contributed by atoms with van der Waals surface area (Å²) in [5.41, 5.74) is 2.49. The Hall–Kier alpha value is -2.73. The van der Waals surface area contributed by atoms with Crippen molar-refractivity contribution in [3.63, 3.8) is 0 Å². The molecule has 0 aliphatic carbocycles. The molecule has 32 heteroatoms. The average Bonchev–Trinajstić information content (AvgIpc) is 0.864. The van der Waals surface area contributed by atoms with E-state index in [4.69, 9.17) is 8.92 Å². The molecule has 0 amide bonds. The molecule has 702 valence electrons. The van der Waals surface area contributed by atoms with E-state index in [0.717, 1.165) is 115 Å². The fourth-order valence-electron chi connectivity index (χ4n) is 11.3. The van der Waals surface area contributed by atoms with Crippen LogP contribution in [0, 0.1) is 5.92 Å². The van der Waals surface area contributed by atoms with Crippen molar-refractivity contribution in [1.82, 2.24) is 0 Å². The molecule has 0 spiro atoms. The van der Waals surface area contributed by atoms with Crippen LogP contribution in [0.25, 0.3) is 0 Å². The predicted molar refractivity (Wildman–Crippen MR) is 490 cm³/mol. The molecule has 2 unspecified atom stereocenters. The maximum Gasteiger partial charge on any atom is 1.00 e. The van der Waals surface area contributed by atoms with Crippen LogP contribution in [-0.2, 0) is 115 Å². The van der Waals surface area contributed by atoms with Gasteiger partial charge in [0.15, 0.2) is 29.5 Å². The minimum atomic E-state index is -4.42. The van der Waals surface area contributed by atoms with Gasteiger partial charge >= 0.3 is 35.5 Å². The van der Waals surface area contributed by atoms with Crippen molar-refractivity contribution in [2.75, 3.05) is 82.1 Å². The summed E-state index contributed by atoms with van der Waals surface area (Å²) in [4.78, 5) is 11.6. The van der Waals surface area contributed by atoms with E-state index >= 15 is 0 Å². The molecule has 3 aromatic carbocycles. The van der Waals surface area contributed by atoms with Gasteiger partial charge in [-0.25, -0.2) is 63.7 Å². The molecule has 0 fully saturated rings. The van der Waals surface area contributed by atoms with Crippen LogP contribution < -0.4 is 29.6 Å². The average molecular weight is 1870 g/mol. The second kappa shape index (κ2) is 80.8. The molecular weight excluding hydrogens is 1700 g/mol. The second-order valence-electron chi connectivity index (χ2n) is 30.6. The zero-order chi connectivity index (χ0) is 91.4. The standard InChI is InChI=1S/2C19H32O2S.C13H28O3S.C12H26O3S.C9H20O3S.C7H12O4S.C7H8O2S.C2H6O4S.Na/c2*1-3-4-5-6-7-8-9-10-11-12-13-18-14-16-19(17-15-18)22(2,20)21;1-3-4-5-8-11-16-12-9-6-7-10-13-17(2,14)15;1-3-4-5-6-7-8-9-10-11-12(2)16(13,14)15;1-4-6-7-9(5-2)8-12-13(3,10)11;1-3-7(8)11-5-4-6-12(2,9)10;1-10(8,9)7-5-3-2-4-6-7;1-2-6-7(3,4)5;/h2*14-17H,3-13H2,1-2H3;3-13H2,1-2H3;12H,3-11H2,1-2H3,(H,13,14,15);9H,4-8H2,1-3H3;3H,1,4-6H2,2H3;2-6H,1H3;2H2,1H3,(H,3,4,5);/q;;;;;;;;+1/p-2. The number of carbonyl (C=O) groups excluding carboxylic acids is 1. The third-order valence-corrected chi connectivity index (χ3v) is 26.3. The molecule has 0 aliphatic heterocycles. The maximum absolute atomic E-state index is 11.4. The van der Waals surface area contributed by atoms with Crippen molar-refractivity contribution in [2.45, 2.75) is 358 Å². The van der Waals surface area contributed by atoms with Gasteiger partial charge in [-0.15, -0.1) is 0 Å². The molecule has 0 aromatic heterocycles. The normalized spacial score (nSPS) is 12.1. The van der Waals surface area contributed by atoms with Crippen LogP contribution in [0.1, 0.15) is 336 Å². The van der Waals surface area contributed by atoms with Gasteiger partial charge < -0.3 is 18.6 Å². The molecule has 0 N–H and O–H groups in total. The number of aryl methyl sites for hydroxylation is 2. The van der Waals surface area contributed by atoms with Gasteiger partial charge in [-0.05, 0) is 131 Å². The summed E-state index contributed by atoms with van der Waals surface area (Å²) in [6.45, 7) is 21.3. The van der Waals surface area contributed by atoms with E-state index in [9.17, 15) is 81.2 Å². The number of rotatable bonds is 61. The van der Waals surface area contributed by atoms with Crippen LogP contribution in [0.3, 0.4) is 0 Å². The Morgan fingerprint density at radius 3 is 0.983 bits per heavy atom. The number of benzene rings is 3. The second-order valence-corrected chi connectivity index (χ2v) is 45.7. The third kappa shape index (κ3) is 99.1. The molecular formula is C88H162NaO23S8-. The number of carbonyl (C=O) groups is 1. The summed E-state index contributed by atoms with van der Waals surface area (Å²) in [5.74, 6) is 0.223. The Balaban J connectivity index is -0.000000315. The van der Waals surface area contributed by atoms with Crippen LogP contribution in [0.4, 0.5) is 0 Å². The number of ether oxygens (including phenoxy) is 2. The van der Waals surface area contributed by atoms with Gasteiger partial charge in [0, 0.05) is 61.6 Å². The summed E-state index contributed by atoms with van der Waals surface area (Å²) in [6, 6.07) is 23.0. The first kappa shape index (κ1) is 128. The van der Waals surface area contributed by atoms with Crippen molar-refractivity contribution >= 4 is 85.8 Å². The summed E-state index contributed by atoms with van der Waals surface area (Å²) in [5, 5.41) is -0.715. The van der Waals surface area contributed by atoms with Crippen molar-refractivity contribution in [3.05, 3.63) is 103 Å². The summed E-state index contributed by atoms with van der Waals surface area (Å²) in [6.07, 6.45) is 60.9. The molecule has 0 bridgehead atoms. The third-order valence-electron chi connectivity index (χ3n) is 18.6. The zero-order valence-corrected chi connectivity index (χ0v) is 85.2. The van der Waals surface area contributed by atoms with Crippen LogP contribution in [0.2, 0.25) is 0 Å². The topological polar surface area (TPSA) is 373 Å². The summed E-state index contributed by atoms with van der Waals surface area (Å²) >= 11 is 0. The molecule has 0 saturated heterocycles. The Labute approximate surface area is 756 Å². The van der Waals surface area contributed by atoms with E-state index in [-0.39, 0.29) is 48.5 Å². The number of hydrogen-bond donors (Lipinski definition) is 0.